The van der Waals surface area contributed by atoms with Crippen molar-refractivity contribution in [3.05, 3.63) is 114 Å². The van der Waals surface area contributed by atoms with Crippen molar-refractivity contribution in [2.45, 2.75) is 17.7 Å². The van der Waals surface area contributed by atoms with E-state index in [1.54, 1.807) is 66.9 Å². The first-order chi connectivity index (χ1) is 17.8. The van der Waals surface area contributed by atoms with Crippen molar-refractivity contribution >= 4 is 27.2 Å². The van der Waals surface area contributed by atoms with E-state index in [1.807, 2.05) is 6.08 Å². The standard InChI is InChI=1S/C28H25FN4O3S/c29-22-9-11-23(12-10-22)32-26-16-21-13-15-33(37(35,36)24-6-2-1-3-7-24)19-28(21,17-20(26)18-30)27(34)25-8-4-5-14-31-25/h1-12,14,16,18H,13,15,17,19,30H2/b20-18-,32-26?/t28-/m0/s1. The Morgan fingerprint density at radius 2 is 1.78 bits per heavy atom. The first kappa shape index (κ1) is 24.7. The van der Waals surface area contributed by atoms with Crippen LogP contribution in [0, 0.1) is 11.2 Å². The van der Waals surface area contributed by atoms with E-state index in [0.29, 0.717) is 23.4 Å². The SMILES string of the molecule is N/C=C1/C[C@]2(C(=O)c3ccccn3)CN(S(=O)(=O)c3ccccc3)CCC2=CC1=Nc1ccc(F)cc1. The average Bonchev–Trinajstić information content (AvgIpc) is 2.94. The smallest absolute Gasteiger partial charge is 0.243 e. The van der Waals surface area contributed by atoms with E-state index < -0.39 is 15.4 Å². The highest BCUT2D eigenvalue weighted by Gasteiger charge is 2.51. The summed E-state index contributed by atoms with van der Waals surface area (Å²) in [7, 11) is -3.84. The van der Waals surface area contributed by atoms with Crippen LogP contribution in [0.15, 0.2) is 112 Å². The van der Waals surface area contributed by atoms with Crippen LogP contribution < -0.4 is 5.73 Å². The maximum Gasteiger partial charge on any atom is 0.243 e. The van der Waals surface area contributed by atoms with Gasteiger partial charge in [-0.2, -0.15) is 4.31 Å². The van der Waals surface area contributed by atoms with Crippen LogP contribution in [0.3, 0.4) is 0 Å². The first-order valence-electron chi connectivity index (χ1n) is 11.8. The molecule has 0 saturated carbocycles. The van der Waals surface area contributed by atoms with E-state index in [9.17, 15) is 17.6 Å². The number of carbonyl (C=O) groups excluding carboxylic acids is 1. The van der Waals surface area contributed by atoms with Crippen LogP contribution in [0.2, 0.25) is 0 Å². The molecule has 1 saturated heterocycles. The number of halogens is 1. The Hall–Kier alpha value is -3.95. The van der Waals surface area contributed by atoms with E-state index in [2.05, 4.69) is 9.98 Å². The Morgan fingerprint density at radius 3 is 2.46 bits per heavy atom. The molecule has 7 nitrogen and oxygen atoms in total. The molecule has 0 unspecified atom stereocenters. The maximum atomic E-state index is 14.1. The van der Waals surface area contributed by atoms with Gasteiger partial charge >= 0.3 is 0 Å². The summed E-state index contributed by atoms with van der Waals surface area (Å²) >= 11 is 0. The maximum absolute atomic E-state index is 14.1. The summed E-state index contributed by atoms with van der Waals surface area (Å²) in [6.45, 7) is 0.165. The predicted molar refractivity (Wildman–Crippen MR) is 139 cm³/mol. The van der Waals surface area contributed by atoms with Gasteiger partial charge in [-0.1, -0.05) is 29.8 Å². The van der Waals surface area contributed by atoms with Gasteiger partial charge in [0.15, 0.2) is 5.78 Å². The monoisotopic (exact) mass is 516 g/mol. The lowest BCUT2D eigenvalue weighted by atomic mass is 9.64. The van der Waals surface area contributed by atoms with Crippen molar-refractivity contribution < 1.29 is 17.6 Å². The number of aromatic nitrogens is 1. The number of Topliss-reactive ketones (excluding diaryl/α,β-unsaturated/α-hetero) is 1. The second-order valence-electron chi connectivity index (χ2n) is 9.04. The molecular formula is C28H25FN4O3S. The highest BCUT2D eigenvalue weighted by Crippen LogP contribution is 2.47. The molecule has 1 fully saturated rings. The fourth-order valence-electron chi connectivity index (χ4n) is 4.91. The molecule has 1 aliphatic heterocycles. The van der Waals surface area contributed by atoms with E-state index in [-0.39, 0.29) is 41.7 Å². The minimum Gasteiger partial charge on any atom is -0.404 e. The fourth-order valence-corrected chi connectivity index (χ4v) is 6.43. The van der Waals surface area contributed by atoms with Gasteiger partial charge in [-0.15, -0.1) is 0 Å². The third kappa shape index (κ3) is 4.63. The van der Waals surface area contributed by atoms with E-state index >= 15 is 0 Å². The van der Waals surface area contributed by atoms with Crippen LogP contribution in [-0.4, -0.2) is 42.3 Å². The number of hydrogen-bond donors (Lipinski definition) is 1. The molecule has 5 rings (SSSR count). The molecule has 3 aromatic rings. The zero-order valence-electron chi connectivity index (χ0n) is 19.9. The molecule has 0 bridgehead atoms. The molecule has 2 aromatic carbocycles. The Balaban J connectivity index is 1.62. The van der Waals surface area contributed by atoms with Gasteiger partial charge in [-0.3, -0.25) is 9.78 Å². The summed E-state index contributed by atoms with van der Waals surface area (Å²) in [5.41, 5.74) is 7.54. The molecule has 1 aromatic heterocycles. The molecule has 9 heteroatoms. The van der Waals surface area contributed by atoms with Crippen molar-refractivity contribution in [1.29, 1.82) is 0 Å². The van der Waals surface area contributed by atoms with Gasteiger partial charge < -0.3 is 5.73 Å². The summed E-state index contributed by atoms with van der Waals surface area (Å²) in [6.07, 6.45) is 5.25. The lowest BCUT2D eigenvalue weighted by Gasteiger charge is -2.45. The predicted octanol–water partition coefficient (Wildman–Crippen LogP) is 4.43. The normalized spacial score (nSPS) is 22.5. The summed E-state index contributed by atoms with van der Waals surface area (Å²) < 4.78 is 41.8. The number of hydrogen-bond acceptors (Lipinski definition) is 6. The molecule has 2 N–H and O–H groups in total. The van der Waals surface area contributed by atoms with Gasteiger partial charge in [0.1, 0.15) is 11.5 Å². The van der Waals surface area contributed by atoms with Crippen molar-refractivity contribution in [3.8, 4) is 0 Å². The zero-order valence-corrected chi connectivity index (χ0v) is 20.7. The quantitative estimate of drug-likeness (QED) is 0.505. The molecule has 1 aliphatic carbocycles. The molecule has 37 heavy (non-hydrogen) atoms. The van der Waals surface area contributed by atoms with Gasteiger partial charge in [-0.05, 0) is 79.2 Å². The van der Waals surface area contributed by atoms with E-state index in [0.717, 1.165) is 5.57 Å². The number of piperidine rings is 1. The van der Waals surface area contributed by atoms with Crippen molar-refractivity contribution in [2.24, 2.45) is 16.1 Å². The summed E-state index contributed by atoms with van der Waals surface area (Å²) in [5, 5.41) is 0. The highest BCUT2D eigenvalue weighted by atomic mass is 32.2. The second kappa shape index (κ2) is 9.84. The van der Waals surface area contributed by atoms with Crippen LogP contribution >= 0.6 is 0 Å². The van der Waals surface area contributed by atoms with Gasteiger partial charge in [0.2, 0.25) is 10.0 Å². The summed E-state index contributed by atoms with van der Waals surface area (Å²) in [4.78, 5) is 23.1. The Bertz CT molecular complexity index is 1520. The lowest BCUT2D eigenvalue weighted by molar-refractivity contribution is 0.0770. The molecule has 0 amide bonds. The summed E-state index contributed by atoms with van der Waals surface area (Å²) in [6, 6.07) is 19.0. The number of ketones is 1. The van der Waals surface area contributed by atoms with Gasteiger partial charge in [-0.25, -0.2) is 17.8 Å². The molecular weight excluding hydrogens is 491 g/mol. The molecule has 0 spiro atoms. The van der Waals surface area contributed by atoms with E-state index in [1.165, 1.54) is 22.6 Å². The number of pyridine rings is 1. The van der Waals surface area contributed by atoms with Gasteiger partial charge in [0.05, 0.1) is 21.7 Å². The van der Waals surface area contributed by atoms with Crippen LogP contribution in [-0.2, 0) is 10.0 Å². The summed E-state index contributed by atoms with van der Waals surface area (Å²) in [5.74, 6) is -0.639. The van der Waals surface area contributed by atoms with E-state index in [4.69, 9.17) is 5.73 Å². The number of nitrogens with zero attached hydrogens (tertiary/aromatic N) is 3. The van der Waals surface area contributed by atoms with Crippen LogP contribution in [0.4, 0.5) is 10.1 Å². The Kier molecular flexibility index (Phi) is 6.57. The topological polar surface area (TPSA) is 106 Å². The van der Waals surface area contributed by atoms with Crippen molar-refractivity contribution in [1.82, 2.24) is 9.29 Å². The number of aliphatic imine (C=N–C) groups is 1. The van der Waals surface area contributed by atoms with Crippen LogP contribution in [0.25, 0.3) is 0 Å². The largest absolute Gasteiger partial charge is 0.404 e. The lowest BCUT2D eigenvalue weighted by Crippen LogP contribution is -2.53. The number of rotatable bonds is 5. The fraction of sp³-hybridized carbons (Fsp3) is 0.179. The first-order valence-corrected chi connectivity index (χ1v) is 13.2. The molecule has 0 radical (unpaired) electrons. The highest BCUT2D eigenvalue weighted by molar-refractivity contribution is 7.89. The molecule has 2 aliphatic rings. The second-order valence-corrected chi connectivity index (χ2v) is 11.0. The molecule has 1 atom stereocenters. The third-order valence-corrected chi connectivity index (χ3v) is 8.67. The Morgan fingerprint density at radius 1 is 1.05 bits per heavy atom. The van der Waals surface area contributed by atoms with Crippen LogP contribution in [0.1, 0.15) is 23.3 Å². The van der Waals surface area contributed by atoms with Gasteiger partial charge in [0.25, 0.3) is 0 Å². The number of benzene rings is 2. The van der Waals surface area contributed by atoms with Crippen LogP contribution in [0.5, 0.6) is 0 Å². The average molecular weight is 517 g/mol. The minimum atomic E-state index is -3.84. The number of allylic oxidation sites excluding steroid dienone is 2. The molecule has 2 heterocycles. The zero-order chi connectivity index (χ0) is 26.0. The molecule has 188 valence electrons. The number of carbonyl (C=O) groups is 1. The minimum absolute atomic E-state index is 0.0490. The van der Waals surface area contributed by atoms with Crippen molar-refractivity contribution in [2.75, 3.05) is 13.1 Å². The number of sulfonamides is 1. The van der Waals surface area contributed by atoms with Crippen molar-refractivity contribution in [3.63, 3.8) is 0 Å². The number of fused-ring (bicyclic) bond motifs is 1. The van der Waals surface area contributed by atoms with Gasteiger partial charge in [0, 0.05) is 19.3 Å². The third-order valence-electron chi connectivity index (χ3n) is 6.81. The Labute approximate surface area is 214 Å². The number of nitrogens with two attached hydrogens (primary N) is 1.